The number of amides is 1. The van der Waals surface area contributed by atoms with Gasteiger partial charge in [-0.3, -0.25) is 4.79 Å². The van der Waals surface area contributed by atoms with Crippen molar-refractivity contribution in [1.29, 1.82) is 0 Å². The standard InChI is InChI=1S/C15H16F2N4OS2/c16-11-2-1-3-12(17)10(11)6-7-18-13(22)8-23-15-21-20-14(24-15)19-9-4-5-9/h1-3,9H,4-8H2,(H,18,22)(H,19,20). The lowest BCUT2D eigenvalue weighted by Crippen LogP contribution is -2.27. The minimum absolute atomic E-state index is 0.00892. The number of hydrogen-bond donors (Lipinski definition) is 2. The second-order valence-electron chi connectivity index (χ2n) is 5.38. The van der Waals surface area contributed by atoms with Gasteiger partial charge in [0.05, 0.1) is 5.75 Å². The number of rotatable bonds is 8. The lowest BCUT2D eigenvalue weighted by molar-refractivity contribution is -0.118. The van der Waals surface area contributed by atoms with Crippen molar-refractivity contribution >= 4 is 34.1 Å². The van der Waals surface area contributed by atoms with Crippen molar-refractivity contribution in [2.45, 2.75) is 29.6 Å². The van der Waals surface area contributed by atoms with E-state index in [-0.39, 0.29) is 30.2 Å². The Kier molecular flexibility index (Phi) is 5.62. The molecule has 1 heterocycles. The summed E-state index contributed by atoms with van der Waals surface area (Å²) in [6.07, 6.45) is 2.43. The summed E-state index contributed by atoms with van der Waals surface area (Å²) in [5, 5.41) is 14.7. The largest absolute Gasteiger partial charge is 0.357 e. The molecule has 1 aliphatic carbocycles. The number of hydrogen-bond acceptors (Lipinski definition) is 6. The molecule has 2 aromatic rings. The third-order valence-electron chi connectivity index (χ3n) is 3.40. The molecule has 2 N–H and O–H groups in total. The Labute approximate surface area is 146 Å². The first-order chi connectivity index (χ1) is 11.6. The van der Waals surface area contributed by atoms with Gasteiger partial charge in [0.25, 0.3) is 0 Å². The Bertz CT molecular complexity index is 701. The third kappa shape index (κ3) is 4.88. The van der Waals surface area contributed by atoms with Crippen molar-refractivity contribution in [2.75, 3.05) is 17.6 Å². The summed E-state index contributed by atoms with van der Waals surface area (Å²) in [6, 6.07) is 4.24. The summed E-state index contributed by atoms with van der Waals surface area (Å²) in [5.74, 6) is -1.20. The van der Waals surface area contributed by atoms with Crippen LogP contribution in [0.1, 0.15) is 18.4 Å². The first kappa shape index (κ1) is 17.1. The lowest BCUT2D eigenvalue weighted by atomic mass is 10.1. The van der Waals surface area contributed by atoms with Gasteiger partial charge in [-0.15, -0.1) is 10.2 Å². The Hall–Kier alpha value is -1.74. The zero-order chi connectivity index (χ0) is 16.9. The lowest BCUT2D eigenvalue weighted by Gasteiger charge is -2.06. The molecular formula is C15H16F2N4OS2. The predicted octanol–water partition coefficient (Wildman–Crippen LogP) is 2.84. The van der Waals surface area contributed by atoms with Crippen LogP contribution in [0.3, 0.4) is 0 Å². The molecule has 1 aromatic heterocycles. The number of carbonyl (C=O) groups is 1. The molecule has 5 nitrogen and oxygen atoms in total. The summed E-state index contributed by atoms with van der Waals surface area (Å²) in [7, 11) is 0. The molecule has 1 amide bonds. The Morgan fingerprint density at radius 1 is 1.29 bits per heavy atom. The van der Waals surface area contributed by atoms with E-state index in [0.717, 1.165) is 18.0 Å². The fourth-order valence-corrected chi connectivity index (χ4v) is 3.66. The van der Waals surface area contributed by atoms with Crippen LogP contribution in [-0.4, -0.2) is 34.4 Å². The number of thioether (sulfide) groups is 1. The number of nitrogens with zero attached hydrogens (tertiary/aromatic N) is 2. The third-order valence-corrected chi connectivity index (χ3v) is 5.38. The highest BCUT2D eigenvalue weighted by molar-refractivity contribution is 8.01. The Balaban J connectivity index is 1.38. The SMILES string of the molecule is O=C(CSc1nnc(NC2CC2)s1)NCCc1c(F)cccc1F. The molecule has 0 radical (unpaired) electrons. The van der Waals surface area contributed by atoms with E-state index in [1.807, 2.05) is 0 Å². The molecule has 0 spiro atoms. The van der Waals surface area contributed by atoms with Crippen LogP contribution in [0.25, 0.3) is 0 Å². The van der Waals surface area contributed by atoms with Crippen LogP contribution >= 0.6 is 23.1 Å². The minimum Gasteiger partial charge on any atom is -0.357 e. The molecule has 24 heavy (non-hydrogen) atoms. The molecule has 9 heteroatoms. The maximum Gasteiger partial charge on any atom is 0.230 e. The van der Waals surface area contributed by atoms with Gasteiger partial charge >= 0.3 is 0 Å². The van der Waals surface area contributed by atoms with Gasteiger partial charge in [-0.05, 0) is 31.4 Å². The summed E-state index contributed by atoms with van der Waals surface area (Å²) in [4.78, 5) is 11.8. The quantitative estimate of drug-likeness (QED) is 0.700. The topological polar surface area (TPSA) is 66.9 Å². The number of nitrogens with one attached hydrogen (secondary N) is 2. The van der Waals surface area contributed by atoms with Crippen molar-refractivity contribution in [2.24, 2.45) is 0 Å². The molecule has 1 saturated carbocycles. The average Bonchev–Trinajstić information content (AvgIpc) is 3.25. The van der Waals surface area contributed by atoms with Crippen LogP contribution < -0.4 is 10.6 Å². The summed E-state index contributed by atoms with van der Waals surface area (Å²) >= 11 is 2.71. The number of halogens is 2. The molecule has 0 atom stereocenters. The van der Waals surface area contributed by atoms with Gasteiger partial charge in [0, 0.05) is 18.2 Å². The zero-order valence-electron chi connectivity index (χ0n) is 12.7. The van der Waals surface area contributed by atoms with Crippen molar-refractivity contribution in [3.8, 4) is 0 Å². The molecule has 1 fully saturated rings. The summed E-state index contributed by atoms with van der Waals surface area (Å²) in [6.45, 7) is 0.182. The van der Waals surface area contributed by atoms with Crippen LogP contribution in [0, 0.1) is 11.6 Å². The van der Waals surface area contributed by atoms with Crippen LogP contribution in [0.2, 0.25) is 0 Å². The molecular weight excluding hydrogens is 354 g/mol. The van der Waals surface area contributed by atoms with Gasteiger partial charge in [-0.2, -0.15) is 0 Å². The minimum atomic E-state index is -0.594. The maximum absolute atomic E-state index is 13.5. The molecule has 0 saturated heterocycles. The predicted molar refractivity (Wildman–Crippen MR) is 90.3 cm³/mol. The second-order valence-corrected chi connectivity index (χ2v) is 7.58. The van der Waals surface area contributed by atoms with E-state index >= 15 is 0 Å². The average molecular weight is 370 g/mol. The van der Waals surface area contributed by atoms with Gasteiger partial charge < -0.3 is 10.6 Å². The van der Waals surface area contributed by atoms with E-state index in [1.54, 1.807) is 0 Å². The highest BCUT2D eigenvalue weighted by Gasteiger charge is 2.22. The fraction of sp³-hybridized carbons (Fsp3) is 0.400. The Morgan fingerprint density at radius 3 is 2.75 bits per heavy atom. The number of anilines is 1. The molecule has 0 aliphatic heterocycles. The first-order valence-electron chi connectivity index (χ1n) is 7.54. The normalized spacial score (nSPS) is 13.8. The van der Waals surface area contributed by atoms with Gasteiger partial charge in [-0.1, -0.05) is 29.2 Å². The molecule has 0 bridgehead atoms. The first-order valence-corrected chi connectivity index (χ1v) is 9.34. The Morgan fingerprint density at radius 2 is 2.04 bits per heavy atom. The summed E-state index contributed by atoms with van der Waals surface area (Å²) < 4.78 is 27.6. The van der Waals surface area contributed by atoms with Crippen LogP contribution in [0.4, 0.5) is 13.9 Å². The van der Waals surface area contributed by atoms with Gasteiger partial charge in [0.1, 0.15) is 11.6 Å². The number of benzene rings is 1. The summed E-state index contributed by atoms with van der Waals surface area (Å²) in [5.41, 5.74) is -0.00892. The molecule has 1 aromatic carbocycles. The fourth-order valence-electron chi connectivity index (χ4n) is 2.01. The number of aromatic nitrogens is 2. The van der Waals surface area contributed by atoms with Crippen LogP contribution in [0.5, 0.6) is 0 Å². The monoisotopic (exact) mass is 370 g/mol. The van der Waals surface area contributed by atoms with Gasteiger partial charge in [-0.25, -0.2) is 8.78 Å². The van der Waals surface area contributed by atoms with Gasteiger partial charge in [0.2, 0.25) is 11.0 Å². The van der Waals surface area contributed by atoms with E-state index in [0.29, 0.717) is 10.4 Å². The molecule has 128 valence electrons. The van der Waals surface area contributed by atoms with Crippen LogP contribution in [-0.2, 0) is 11.2 Å². The molecule has 1 aliphatic rings. The van der Waals surface area contributed by atoms with Crippen molar-refractivity contribution < 1.29 is 13.6 Å². The van der Waals surface area contributed by atoms with Crippen molar-refractivity contribution in [3.05, 3.63) is 35.4 Å². The highest BCUT2D eigenvalue weighted by atomic mass is 32.2. The van der Waals surface area contributed by atoms with E-state index in [9.17, 15) is 13.6 Å². The molecule has 3 rings (SSSR count). The van der Waals surface area contributed by atoms with E-state index in [1.165, 1.54) is 41.3 Å². The maximum atomic E-state index is 13.5. The van der Waals surface area contributed by atoms with E-state index in [4.69, 9.17) is 0 Å². The highest BCUT2D eigenvalue weighted by Crippen LogP contribution is 2.30. The molecule has 0 unspecified atom stereocenters. The van der Waals surface area contributed by atoms with E-state index in [2.05, 4.69) is 20.8 Å². The van der Waals surface area contributed by atoms with Crippen molar-refractivity contribution in [1.82, 2.24) is 15.5 Å². The van der Waals surface area contributed by atoms with Crippen LogP contribution in [0.15, 0.2) is 22.5 Å². The second kappa shape index (κ2) is 7.89. The van der Waals surface area contributed by atoms with Crippen molar-refractivity contribution in [3.63, 3.8) is 0 Å². The smallest absolute Gasteiger partial charge is 0.230 e. The van der Waals surface area contributed by atoms with E-state index < -0.39 is 11.6 Å². The van der Waals surface area contributed by atoms with Gasteiger partial charge in [0.15, 0.2) is 4.34 Å². The zero-order valence-corrected chi connectivity index (χ0v) is 14.4. The number of carbonyl (C=O) groups excluding carboxylic acids is 1.